The highest BCUT2D eigenvalue weighted by Gasteiger charge is 2.47. The van der Waals surface area contributed by atoms with E-state index in [-0.39, 0.29) is 10.8 Å². The van der Waals surface area contributed by atoms with Crippen molar-refractivity contribution in [3.8, 4) is 22.4 Å². The summed E-state index contributed by atoms with van der Waals surface area (Å²) in [4.78, 5) is 4.79. The van der Waals surface area contributed by atoms with Crippen LogP contribution in [0.4, 0.5) is 0 Å². The van der Waals surface area contributed by atoms with Crippen LogP contribution in [0.15, 0.2) is 60.8 Å². The smallest absolute Gasteiger partial charge is 0.0707 e. The van der Waals surface area contributed by atoms with E-state index in [1.165, 1.54) is 55.3 Å². The lowest BCUT2D eigenvalue weighted by atomic mass is 9.54. The third-order valence-corrected chi connectivity index (χ3v) is 8.15. The van der Waals surface area contributed by atoms with E-state index in [0.29, 0.717) is 0 Å². The van der Waals surface area contributed by atoms with E-state index < -0.39 is 0 Å². The van der Waals surface area contributed by atoms with E-state index in [4.69, 9.17) is 4.98 Å². The minimum Gasteiger partial charge on any atom is -0.256 e. The van der Waals surface area contributed by atoms with Gasteiger partial charge in [0.25, 0.3) is 0 Å². The van der Waals surface area contributed by atoms with E-state index in [1.54, 1.807) is 0 Å². The minimum absolute atomic E-state index is 0.000626. The van der Waals surface area contributed by atoms with E-state index in [2.05, 4.69) is 103 Å². The summed E-state index contributed by atoms with van der Waals surface area (Å²) in [6.45, 7) is 16.2. The average Bonchev–Trinajstić information content (AvgIpc) is 2.73. The number of hydrogen-bond donors (Lipinski definition) is 0. The van der Waals surface area contributed by atoms with Gasteiger partial charge in [-0.2, -0.15) is 0 Å². The van der Waals surface area contributed by atoms with Gasteiger partial charge in [-0.15, -0.1) is 0 Å². The van der Waals surface area contributed by atoms with Crippen LogP contribution in [-0.4, -0.2) is 4.98 Å². The summed E-state index contributed by atoms with van der Waals surface area (Å²) in [6.07, 6.45) is 2.00. The first-order valence-electron chi connectivity index (χ1n) is 11.2. The Kier molecular flexibility index (Phi) is 4.21. The lowest BCUT2D eigenvalue weighted by Gasteiger charge is -2.49. The van der Waals surface area contributed by atoms with E-state index in [9.17, 15) is 0 Å². The maximum atomic E-state index is 4.79. The zero-order valence-corrected chi connectivity index (χ0v) is 19.7. The van der Waals surface area contributed by atoms with Crippen molar-refractivity contribution in [2.24, 2.45) is 0 Å². The molecular formula is C30H31N. The van der Waals surface area contributed by atoms with Crippen LogP contribution < -0.4 is 0 Å². The van der Waals surface area contributed by atoms with Gasteiger partial charge in [-0.25, -0.2) is 0 Å². The molecule has 0 N–H and O–H groups in total. The molecule has 0 bridgehead atoms. The van der Waals surface area contributed by atoms with Gasteiger partial charge in [-0.1, -0.05) is 64.1 Å². The van der Waals surface area contributed by atoms with Crippen molar-refractivity contribution in [2.45, 2.75) is 59.3 Å². The Morgan fingerprint density at radius 3 is 1.97 bits per heavy atom. The fourth-order valence-electron chi connectivity index (χ4n) is 5.42. The molecule has 1 heterocycles. The molecule has 5 rings (SSSR count). The fourth-order valence-corrected chi connectivity index (χ4v) is 5.42. The first-order chi connectivity index (χ1) is 14.6. The maximum Gasteiger partial charge on any atom is 0.0707 e. The number of benzene rings is 3. The summed E-state index contributed by atoms with van der Waals surface area (Å²) in [5.41, 5.74) is 11.8. The van der Waals surface area contributed by atoms with Crippen molar-refractivity contribution in [1.29, 1.82) is 0 Å². The first kappa shape index (κ1) is 20.0. The van der Waals surface area contributed by atoms with Crippen molar-refractivity contribution in [2.75, 3.05) is 0 Å². The van der Waals surface area contributed by atoms with Crippen LogP contribution >= 0.6 is 0 Å². The molecule has 1 heteroatoms. The normalized spacial score (nSPS) is 16.1. The zero-order valence-electron chi connectivity index (χ0n) is 19.7. The molecule has 0 unspecified atom stereocenters. The average molecular weight is 406 g/mol. The van der Waals surface area contributed by atoms with Gasteiger partial charge in [-0.3, -0.25) is 4.98 Å². The van der Waals surface area contributed by atoms with Gasteiger partial charge in [0.1, 0.15) is 0 Å². The standard InChI is InChI=1S/C30H31N/c1-18-14-27(31-17-19(18)2)23-12-13-24-25-15-21-10-8-9-11-22(21)16-26(25)29(4,5)30(6,7)28(24)20(23)3/h8-17H,1-7H3. The van der Waals surface area contributed by atoms with Crippen LogP contribution in [0.3, 0.4) is 0 Å². The maximum absolute atomic E-state index is 4.79. The Balaban J connectivity index is 1.84. The predicted molar refractivity (Wildman–Crippen MR) is 133 cm³/mol. The second-order valence-electron chi connectivity index (χ2n) is 10.3. The number of fused-ring (bicyclic) bond motifs is 4. The molecule has 0 amide bonds. The Hall–Kier alpha value is -2.93. The zero-order chi connectivity index (χ0) is 22.1. The van der Waals surface area contributed by atoms with Crippen molar-refractivity contribution in [3.05, 3.63) is 88.6 Å². The molecule has 0 atom stereocenters. The molecule has 0 saturated heterocycles. The molecule has 156 valence electrons. The van der Waals surface area contributed by atoms with E-state index >= 15 is 0 Å². The lowest BCUT2D eigenvalue weighted by molar-refractivity contribution is 0.298. The van der Waals surface area contributed by atoms with Crippen LogP contribution in [0, 0.1) is 20.8 Å². The van der Waals surface area contributed by atoms with Gasteiger partial charge in [0.2, 0.25) is 0 Å². The first-order valence-corrected chi connectivity index (χ1v) is 11.2. The van der Waals surface area contributed by atoms with Gasteiger partial charge in [0.05, 0.1) is 5.69 Å². The molecule has 1 aliphatic carbocycles. The number of pyridine rings is 1. The molecule has 1 aliphatic rings. The summed E-state index contributed by atoms with van der Waals surface area (Å²) < 4.78 is 0. The highest BCUT2D eigenvalue weighted by molar-refractivity contribution is 5.93. The van der Waals surface area contributed by atoms with Gasteiger partial charge >= 0.3 is 0 Å². The number of hydrogen-bond acceptors (Lipinski definition) is 1. The molecular weight excluding hydrogens is 374 g/mol. The second-order valence-corrected chi connectivity index (χ2v) is 10.3. The minimum atomic E-state index is -0.0162. The summed E-state index contributed by atoms with van der Waals surface area (Å²) in [6, 6.07) is 20.4. The van der Waals surface area contributed by atoms with Crippen molar-refractivity contribution >= 4 is 10.8 Å². The number of nitrogens with zero attached hydrogens (tertiary/aromatic N) is 1. The SMILES string of the molecule is Cc1cnc(-c2ccc3c(c2C)C(C)(C)C(C)(C)c2cc4ccccc4cc2-3)cc1C. The molecule has 1 aromatic heterocycles. The molecule has 0 aliphatic heterocycles. The van der Waals surface area contributed by atoms with Gasteiger partial charge < -0.3 is 0 Å². The second kappa shape index (κ2) is 6.53. The largest absolute Gasteiger partial charge is 0.256 e. The molecule has 1 nitrogen and oxygen atoms in total. The Morgan fingerprint density at radius 1 is 0.645 bits per heavy atom. The van der Waals surface area contributed by atoms with Crippen LogP contribution in [-0.2, 0) is 10.8 Å². The highest BCUT2D eigenvalue weighted by Crippen LogP contribution is 2.56. The Bertz CT molecular complexity index is 1350. The third kappa shape index (κ3) is 2.72. The van der Waals surface area contributed by atoms with Crippen molar-refractivity contribution in [1.82, 2.24) is 4.98 Å². The third-order valence-electron chi connectivity index (χ3n) is 8.15. The highest BCUT2D eigenvalue weighted by atomic mass is 14.7. The number of aromatic nitrogens is 1. The summed E-state index contributed by atoms with van der Waals surface area (Å²) in [5, 5.41) is 2.63. The van der Waals surface area contributed by atoms with Gasteiger partial charge in [-0.05, 0) is 99.5 Å². The van der Waals surface area contributed by atoms with Crippen molar-refractivity contribution in [3.63, 3.8) is 0 Å². The number of rotatable bonds is 1. The number of aryl methyl sites for hydroxylation is 2. The fraction of sp³-hybridized carbons (Fsp3) is 0.300. The van der Waals surface area contributed by atoms with Gasteiger partial charge in [0, 0.05) is 11.8 Å². The van der Waals surface area contributed by atoms with Gasteiger partial charge in [0.15, 0.2) is 0 Å². The Morgan fingerprint density at radius 2 is 1.29 bits per heavy atom. The summed E-state index contributed by atoms with van der Waals surface area (Å²) >= 11 is 0. The quantitative estimate of drug-likeness (QED) is 0.312. The lowest BCUT2D eigenvalue weighted by Crippen LogP contribution is -2.44. The van der Waals surface area contributed by atoms with E-state index in [1.807, 2.05) is 6.20 Å². The van der Waals surface area contributed by atoms with Crippen LogP contribution in [0.2, 0.25) is 0 Å². The monoisotopic (exact) mass is 405 g/mol. The summed E-state index contributed by atoms with van der Waals surface area (Å²) in [7, 11) is 0. The van der Waals surface area contributed by atoms with E-state index in [0.717, 1.165) is 5.69 Å². The van der Waals surface area contributed by atoms with Crippen LogP contribution in [0.5, 0.6) is 0 Å². The predicted octanol–water partition coefficient (Wildman–Crippen LogP) is 8.06. The topological polar surface area (TPSA) is 12.9 Å². The van der Waals surface area contributed by atoms with Crippen LogP contribution in [0.1, 0.15) is 55.5 Å². The molecule has 3 aromatic carbocycles. The molecule has 4 aromatic rings. The molecule has 0 spiro atoms. The molecule has 0 fully saturated rings. The molecule has 31 heavy (non-hydrogen) atoms. The van der Waals surface area contributed by atoms with Crippen molar-refractivity contribution < 1.29 is 0 Å². The molecule has 0 saturated carbocycles. The van der Waals surface area contributed by atoms with Crippen LogP contribution in [0.25, 0.3) is 33.2 Å². The Labute approximate surface area is 186 Å². The summed E-state index contributed by atoms with van der Waals surface area (Å²) in [5.74, 6) is 0. The molecule has 0 radical (unpaired) electrons.